The predicted molar refractivity (Wildman–Crippen MR) is 108 cm³/mol. The lowest BCUT2D eigenvalue weighted by Crippen LogP contribution is -2.38. The molecule has 0 saturated carbocycles. The van der Waals surface area contributed by atoms with Gasteiger partial charge in [-0.25, -0.2) is 0 Å². The van der Waals surface area contributed by atoms with E-state index in [4.69, 9.17) is 0 Å². The second-order valence-electron chi connectivity index (χ2n) is 7.02. The zero-order valence-corrected chi connectivity index (χ0v) is 16.2. The summed E-state index contributed by atoms with van der Waals surface area (Å²) in [6.07, 6.45) is 6.70. The Morgan fingerprint density at radius 3 is 2.32 bits per heavy atom. The summed E-state index contributed by atoms with van der Waals surface area (Å²) in [7, 11) is 5.95. The molecule has 0 atom stereocenters. The number of benzene rings is 1. The quantitative estimate of drug-likeness (QED) is 0.453. The van der Waals surface area contributed by atoms with Gasteiger partial charge in [0.1, 0.15) is 0 Å². The zero-order chi connectivity index (χ0) is 17.9. The maximum atomic E-state index is 4.32. The molecular formula is C20H35N5. The number of anilines is 1. The molecule has 0 aromatic heterocycles. The number of hydrogen-bond acceptors (Lipinski definition) is 3. The van der Waals surface area contributed by atoms with E-state index in [1.165, 1.54) is 56.6 Å². The van der Waals surface area contributed by atoms with E-state index in [1.54, 1.807) is 0 Å². The van der Waals surface area contributed by atoms with E-state index in [2.05, 4.69) is 63.8 Å². The first-order chi connectivity index (χ1) is 12.2. The fraction of sp³-hybridized carbons (Fsp3) is 0.650. The van der Waals surface area contributed by atoms with Crippen LogP contribution < -0.4 is 15.5 Å². The standard InChI is InChI=1S/C20H35N5/c1-21-20(22-13-8-16-25-14-6-4-5-7-15-25)23-17-18-9-11-19(12-10-18)24(2)3/h9-12H,4-8,13-17H2,1-3H3,(H2,21,22,23). The molecule has 1 saturated heterocycles. The van der Waals surface area contributed by atoms with Crippen LogP contribution in [0.5, 0.6) is 0 Å². The number of nitrogens with zero attached hydrogens (tertiary/aromatic N) is 3. The molecule has 0 bridgehead atoms. The summed E-state index contributed by atoms with van der Waals surface area (Å²) in [6, 6.07) is 8.62. The average Bonchev–Trinajstić information content (AvgIpc) is 2.90. The van der Waals surface area contributed by atoms with Gasteiger partial charge in [0.05, 0.1) is 0 Å². The van der Waals surface area contributed by atoms with Gasteiger partial charge < -0.3 is 20.4 Å². The lowest BCUT2D eigenvalue weighted by atomic mass is 10.2. The Morgan fingerprint density at radius 1 is 1.04 bits per heavy atom. The summed E-state index contributed by atoms with van der Waals surface area (Å²) < 4.78 is 0. The molecular weight excluding hydrogens is 310 g/mol. The van der Waals surface area contributed by atoms with Gasteiger partial charge in [0, 0.05) is 39.9 Å². The minimum atomic E-state index is 0.791. The number of guanidine groups is 1. The molecule has 0 aliphatic carbocycles. The van der Waals surface area contributed by atoms with E-state index in [0.29, 0.717) is 0 Å². The normalized spacial score (nSPS) is 16.4. The van der Waals surface area contributed by atoms with Gasteiger partial charge in [-0.2, -0.15) is 0 Å². The van der Waals surface area contributed by atoms with Crippen LogP contribution in [0, 0.1) is 0 Å². The first-order valence-corrected chi connectivity index (χ1v) is 9.62. The predicted octanol–water partition coefficient (Wildman–Crippen LogP) is 2.68. The minimum absolute atomic E-state index is 0.791. The first-order valence-electron chi connectivity index (χ1n) is 9.62. The van der Waals surface area contributed by atoms with Crippen molar-refractivity contribution in [3.8, 4) is 0 Å². The van der Waals surface area contributed by atoms with E-state index in [1.807, 2.05) is 7.05 Å². The van der Waals surface area contributed by atoms with Crippen LogP contribution in [0.1, 0.15) is 37.7 Å². The molecule has 5 heteroatoms. The second-order valence-corrected chi connectivity index (χ2v) is 7.02. The molecule has 0 amide bonds. The van der Waals surface area contributed by atoms with Gasteiger partial charge in [-0.1, -0.05) is 25.0 Å². The largest absolute Gasteiger partial charge is 0.378 e. The van der Waals surface area contributed by atoms with Crippen molar-refractivity contribution in [2.45, 2.75) is 38.6 Å². The van der Waals surface area contributed by atoms with Crippen molar-refractivity contribution in [2.75, 3.05) is 52.2 Å². The lowest BCUT2D eigenvalue weighted by Gasteiger charge is -2.20. The highest BCUT2D eigenvalue weighted by Crippen LogP contribution is 2.12. The van der Waals surface area contributed by atoms with Crippen molar-refractivity contribution in [3.63, 3.8) is 0 Å². The molecule has 0 unspecified atom stereocenters. The van der Waals surface area contributed by atoms with Crippen molar-refractivity contribution in [1.29, 1.82) is 0 Å². The highest BCUT2D eigenvalue weighted by molar-refractivity contribution is 5.79. The molecule has 2 N–H and O–H groups in total. The molecule has 0 radical (unpaired) electrons. The van der Waals surface area contributed by atoms with E-state index in [0.717, 1.165) is 25.5 Å². The summed E-state index contributed by atoms with van der Waals surface area (Å²) in [5, 5.41) is 6.82. The van der Waals surface area contributed by atoms with Crippen LogP contribution in [0.4, 0.5) is 5.69 Å². The highest BCUT2D eigenvalue weighted by Gasteiger charge is 2.08. The van der Waals surface area contributed by atoms with Gasteiger partial charge in [0.25, 0.3) is 0 Å². The maximum Gasteiger partial charge on any atom is 0.191 e. The smallest absolute Gasteiger partial charge is 0.191 e. The van der Waals surface area contributed by atoms with Gasteiger partial charge in [-0.05, 0) is 56.6 Å². The fourth-order valence-electron chi connectivity index (χ4n) is 3.19. The molecule has 0 spiro atoms. The molecule has 1 aromatic rings. The maximum absolute atomic E-state index is 4.32. The summed E-state index contributed by atoms with van der Waals surface area (Å²) in [6.45, 7) is 5.50. The topological polar surface area (TPSA) is 42.9 Å². The van der Waals surface area contributed by atoms with E-state index < -0.39 is 0 Å². The first kappa shape index (κ1) is 19.6. The third-order valence-corrected chi connectivity index (χ3v) is 4.78. The van der Waals surface area contributed by atoms with Crippen LogP contribution in [0.15, 0.2) is 29.3 Å². The van der Waals surface area contributed by atoms with Crippen molar-refractivity contribution in [1.82, 2.24) is 15.5 Å². The van der Waals surface area contributed by atoms with E-state index >= 15 is 0 Å². The van der Waals surface area contributed by atoms with E-state index in [9.17, 15) is 0 Å². The number of hydrogen-bond donors (Lipinski definition) is 2. The molecule has 1 aliphatic heterocycles. The fourth-order valence-corrected chi connectivity index (χ4v) is 3.19. The molecule has 25 heavy (non-hydrogen) atoms. The molecule has 2 rings (SSSR count). The van der Waals surface area contributed by atoms with Crippen LogP contribution in [-0.2, 0) is 6.54 Å². The number of likely N-dealkylation sites (tertiary alicyclic amines) is 1. The van der Waals surface area contributed by atoms with E-state index in [-0.39, 0.29) is 0 Å². The Hall–Kier alpha value is -1.75. The number of aliphatic imine (C=N–C) groups is 1. The Balaban J connectivity index is 1.64. The van der Waals surface area contributed by atoms with Gasteiger partial charge in [0.2, 0.25) is 0 Å². The zero-order valence-electron chi connectivity index (χ0n) is 16.2. The van der Waals surface area contributed by atoms with Crippen LogP contribution in [0.25, 0.3) is 0 Å². The van der Waals surface area contributed by atoms with Crippen LogP contribution in [0.2, 0.25) is 0 Å². The molecule has 1 heterocycles. The third kappa shape index (κ3) is 7.34. The summed E-state index contributed by atoms with van der Waals surface area (Å²) >= 11 is 0. The molecule has 1 aliphatic rings. The van der Waals surface area contributed by atoms with Gasteiger partial charge in [-0.3, -0.25) is 4.99 Å². The van der Waals surface area contributed by atoms with Gasteiger partial charge >= 0.3 is 0 Å². The highest BCUT2D eigenvalue weighted by atomic mass is 15.2. The molecule has 5 nitrogen and oxygen atoms in total. The molecule has 1 fully saturated rings. The number of nitrogens with one attached hydrogen (secondary N) is 2. The Bertz CT molecular complexity index is 501. The van der Waals surface area contributed by atoms with Crippen LogP contribution in [-0.4, -0.2) is 58.2 Å². The average molecular weight is 346 g/mol. The van der Waals surface area contributed by atoms with Crippen molar-refractivity contribution < 1.29 is 0 Å². The summed E-state index contributed by atoms with van der Waals surface area (Å²) in [4.78, 5) is 9.04. The van der Waals surface area contributed by atoms with Crippen LogP contribution >= 0.6 is 0 Å². The van der Waals surface area contributed by atoms with Gasteiger partial charge in [-0.15, -0.1) is 0 Å². The number of rotatable bonds is 7. The Kier molecular flexibility index (Phi) is 8.60. The Labute approximate surface area is 153 Å². The van der Waals surface area contributed by atoms with Crippen molar-refractivity contribution in [3.05, 3.63) is 29.8 Å². The molecule has 140 valence electrons. The summed E-state index contributed by atoms with van der Waals surface area (Å²) in [5.74, 6) is 0.882. The van der Waals surface area contributed by atoms with Crippen LogP contribution in [0.3, 0.4) is 0 Å². The SMILES string of the molecule is CN=C(NCCCN1CCCCCC1)NCc1ccc(N(C)C)cc1. The minimum Gasteiger partial charge on any atom is -0.378 e. The Morgan fingerprint density at radius 2 is 1.72 bits per heavy atom. The molecule has 1 aromatic carbocycles. The summed E-state index contributed by atoms with van der Waals surface area (Å²) in [5.41, 5.74) is 2.48. The lowest BCUT2D eigenvalue weighted by molar-refractivity contribution is 0.282. The third-order valence-electron chi connectivity index (χ3n) is 4.78. The van der Waals surface area contributed by atoms with Gasteiger partial charge in [0.15, 0.2) is 5.96 Å². The monoisotopic (exact) mass is 345 g/mol. The van der Waals surface area contributed by atoms with Crippen molar-refractivity contribution in [2.24, 2.45) is 4.99 Å². The second kappa shape index (κ2) is 11.0. The van der Waals surface area contributed by atoms with Crippen molar-refractivity contribution >= 4 is 11.6 Å².